The summed E-state index contributed by atoms with van der Waals surface area (Å²) in [7, 11) is 3.02. The molecule has 2 heterocycles. The summed E-state index contributed by atoms with van der Waals surface area (Å²) in [5.41, 5.74) is 0.146. The van der Waals surface area contributed by atoms with Crippen molar-refractivity contribution in [2.45, 2.75) is 43.9 Å². The van der Waals surface area contributed by atoms with Gasteiger partial charge in [-0.25, -0.2) is 4.79 Å². The predicted molar refractivity (Wildman–Crippen MR) is 67.5 cm³/mol. The molecule has 0 aromatic rings. The number of fused-ring (bicyclic) bond motifs is 2. The lowest BCUT2D eigenvalue weighted by Crippen LogP contribution is -2.72. The summed E-state index contributed by atoms with van der Waals surface area (Å²) >= 11 is 0. The second-order valence-corrected chi connectivity index (χ2v) is 5.50. The highest BCUT2D eigenvalue weighted by atomic mass is 16.5. The molecule has 3 atom stereocenters. The van der Waals surface area contributed by atoms with Crippen LogP contribution in [-0.2, 0) is 4.79 Å². The van der Waals surface area contributed by atoms with Crippen molar-refractivity contribution in [1.82, 2.24) is 15.1 Å². The monoisotopic (exact) mass is 266 g/mol. The van der Waals surface area contributed by atoms with Gasteiger partial charge >= 0.3 is 11.9 Å². The third-order valence-corrected chi connectivity index (χ3v) is 4.40. The number of imide groups is 1. The Balaban J connectivity index is 2.05. The number of amides is 3. The van der Waals surface area contributed by atoms with E-state index in [9.17, 15) is 14.8 Å². The Morgan fingerprint density at radius 1 is 1.26 bits per heavy atom. The van der Waals surface area contributed by atoms with Crippen molar-refractivity contribution in [3.8, 4) is 0 Å². The van der Waals surface area contributed by atoms with E-state index < -0.39 is 12.1 Å². The van der Waals surface area contributed by atoms with Crippen LogP contribution in [0.5, 0.6) is 0 Å². The molecule has 3 amide bonds. The molecule has 7 heteroatoms. The van der Waals surface area contributed by atoms with E-state index in [1.165, 1.54) is 11.9 Å². The predicted octanol–water partition coefficient (Wildman–Crippen LogP) is -0.298. The first-order valence-electron chi connectivity index (χ1n) is 6.66. The number of urea groups is 1. The quantitative estimate of drug-likeness (QED) is 0.482. The highest BCUT2D eigenvalue weighted by Crippen LogP contribution is 2.26. The van der Waals surface area contributed by atoms with Gasteiger partial charge in [-0.3, -0.25) is 15.0 Å². The van der Waals surface area contributed by atoms with E-state index in [4.69, 9.17) is 0 Å². The minimum Gasteiger partial charge on any atom is -0.623 e. The van der Waals surface area contributed by atoms with Gasteiger partial charge in [0.15, 0.2) is 12.2 Å². The summed E-state index contributed by atoms with van der Waals surface area (Å²) in [5.74, 6) is -0.486. The maximum absolute atomic E-state index is 12.5. The van der Waals surface area contributed by atoms with Crippen molar-refractivity contribution in [2.24, 2.45) is 0 Å². The molecule has 0 bridgehead atoms. The number of nitrogens with one attached hydrogen (secondary N) is 1. The minimum absolute atomic E-state index is 0.0615. The van der Waals surface area contributed by atoms with Crippen LogP contribution < -0.4 is 5.32 Å². The number of hydrogen-bond donors (Lipinski definition) is 1. The zero-order valence-corrected chi connectivity index (χ0v) is 11.1. The van der Waals surface area contributed by atoms with Crippen LogP contribution in [0.2, 0.25) is 0 Å². The summed E-state index contributed by atoms with van der Waals surface area (Å²) in [6.45, 7) is 0. The SMILES string of the molecule is CN1C(=O)C2=[N+]([O-])C3CCCCC3NC2N(C)C1=O. The smallest absolute Gasteiger partial charge is 0.328 e. The highest BCUT2D eigenvalue weighted by molar-refractivity contribution is 6.42. The van der Waals surface area contributed by atoms with Gasteiger partial charge in [-0.2, -0.15) is 4.74 Å². The molecule has 1 saturated heterocycles. The van der Waals surface area contributed by atoms with Crippen LogP contribution in [0.3, 0.4) is 0 Å². The molecule has 1 saturated carbocycles. The third-order valence-electron chi connectivity index (χ3n) is 4.40. The fourth-order valence-corrected chi connectivity index (χ4v) is 3.28. The first-order chi connectivity index (χ1) is 9.02. The lowest BCUT2D eigenvalue weighted by molar-refractivity contribution is -0.517. The Kier molecular flexibility index (Phi) is 2.74. The second kappa shape index (κ2) is 4.19. The summed E-state index contributed by atoms with van der Waals surface area (Å²) < 4.78 is 0.854. The van der Waals surface area contributed by atoms with Gasteiger partial charge < -0.3 is 10.1 Å². The van der Waals surface area contributed by atoms with Crippen LogP contribution in [0, 0.1) is 5.21 Å². The molecule has 19 heavy (non-hydrogen) atoms. The molecular weight excluding hydrogens is 248 g/mol. The third kappa shape index (κ3) is 1.64. The van der Waals surface area contributed by atoms with E-state index in [0.29, 0.717) is 0 Å². The van der Waals surface area contributed by atoms with Crippen molar-refractivity contribution in [3.63, 3.8) is 0 Å². The van der Waals surface area contributed by atoms with E-state index in [1.54, 1.807) is 7.05 Å². The highest BCUT2D eigenvalue weighted by Gasteiger charge is 2.52. The van der Waals surface area contributed by atoms with Gasteiger partial charge in [-0.1, -0.05) is 6.42 Å². The molecule has 0 aromatic heterocycles. The molecule has 2 aliphatic heterocycles. The van der Waals surface area contributed by atoms with Crippen LogP contribution >= 0.6 is 0 Å². The van der Waals surface area contributed by atoms with Gasteiger partial charge in [-0.15, -0.1) is 0 Å². The van der Waals surface area contributed by atoms with Crippen molar-refractivity contribution >= 4 is 17.6 Å². The molecule has 1 N–H and O–H groups in total. The Labute approximate surface area is 111 Å². The van der Waals surface area contributed by atoms with Crippen molar-refractivity contribution in [2.75, 3.05) is 14.1 Å². The van der Waals surface area contributed by atoms with Gasteiger partial charge in [0.25, 0.3) is 5.71 Å². The lowest BCUT2D eigenvalue weighted by Gasteiger charge is -2.44. The van der Waals surface area contributed by atoms with Crippen LogP contribution in [0.4, 0.5) is 4.79 Å². The number of rotatable bonds is 0. The van der Waals surface area contributed by atoms with E-state index >= 15 is 0 Å². The summed E-state index contributed by atoms with van der Waals surface area (Å²) in [5, 5.41) is 15.8. The standard InChI is InChI=1S/C12H18N4O3/c1-14-10-9(11(17)15(2)12(14)18)16(19)8-6-4-3-5-7(8)13-10/h7-8,10,13H,3-6H2,1-2H3. The van der Waals surface area contributed by atoms with E-state index in [0.717, 1.165) is 35.3 Å². The van der Waals surface area contributed by atoms with Crippen molar-refractivity contribution in [1.29, 1.82) is 0 Å². The molecule has 104 valence electrons. The van der Waals surface area contributed by atoms with Crippen molar-refractivity contribution < 1.29 is 14.3 Å². The number of nitrogens with zero attached hydrogens (tertiary/aromatic N) is 3. The van der Waals surface area contributed by atoms with Crippen LogP contribution in [-0.4, -0.2) is 64.5 Å². The maximum Gasteiger partial charge on any atom is 0.328 e. The van der Waals surface area contributed by atoms with E-state index in [-0.39, 0.29) is 23.8 Å². The largest absolute Gasteiger partial charge is 0.623 e. The average molecular weight is 266 g/mol. The molecule has 1 aliphatic carbocycles. The summed E-state index contributed by atoms with van der Waals surface area (Å²) in [6, 6.07) is -0.501. The zero-order chi connectivity index (χ0) is 13.7. The van der Waals surface area contributed by atoms with Gasteiger partial charge in [0, 0.05) is 20.5 Å². The van der Waals surface area contributed by atoms with Crippen LogP contribution in [0.25, 0.3) is 0 Å². The Bertz CT molecular complexity index is 476. The lowest BCUT2D eigenvalue weighted by atomic mass is 9.88. The average Bonchev–Trinajstić information content (AvgIpc) is 2.43. The first kappa shape index (κ1) is 12.4. The zero-order valence-electron chi connectivity index (χ0n) is 11.1. The van der Waals surface area contributed by atoms with Gasteiger partial charge in [0.1, 0.15) is 0 Å². The van der Waals surface area contributed by atoms with Gasteiger partial charge in [0.05, 0.1) is 6.04 Å². The molecule has 3 rings (SSSR count). The second-order valence-electron chi connectivity index (χ2n) is 5.50. The molecular formula is C12H18N4O3. The number of carbonyl (C=O) groups excluding carboxylic acids is 2. The van der Waals surface area contributed by atoms with Gasteiger partial charge in [0.2, 0.25) is 0 Å². The molecule has 3 aliphatic rings. The summed E-state index contributed by atoms with van der Waals surface area (Å²) in [4.78, 5) is 26.5. The minimum atomic E-state index is -0.590. The topological polar surface area (TPSA) is 78.7 Å². The number of carbonyl (C=O) groups is 2. The normalized spacial score (nSPS) is 35.4. The number of hydrogen-bond acceptors (Lipinski definition) is 4. The molecule has 0 aromatic carbocycles. The molecule has 7 nitrogen and oxygen atoms in total. The van der Waals surface area contributed by atoms with Crippen LogP contribution in [0.1, 0.15) is 25.7 Å². The van der Waals surface area contributed by atoms with E-state index in [1.807, 2.05) is 0 Å². The summed E-state index contributed by atoms with van der Waals surface area (Å²) in [6.07, 6.45) is 3.21. The Morgan fingerprint density at radius 3 is 2.68 bits per heavy atom. The Morgan fingerprint density at radius 2 is 1.95 bits per heavy atom. The first-order valence-corrected chi connectivity index (χ1v) is 6.66. The Hall–Kier alpha value is -1.63. The van der Waals surface area contributed by atoms with Crippen LogP contribution in [0.15, 0.2) is 0 Å². The van der Waals surface area contributed by atoms with E-state index in [2.05, 4.69) is 5.32 Å². The molecule has 2 fully saturated rings. The fourth-order valence-electron chi connectivity index (χ4n) is 3.28. The fraction of sp³-hybridized carbons (Fsp3) is 0.750. The maximum atomic E-state index is 12.5. The molecule has 3 unspecified atom stereocenters. The van der Waals surface area contributed by atoms with Crippen molar-refractivity contribution in [3.05, 3.63) is 5.21 Å². The molecule has 0 spiro atoms. The number of hydroxylamine groups is 1. The van der Waals surface area contributed by atoms with Gasteiger partial charge in [-0.05, 0) is 12.8 Å². The molecule has 0 radical (unpaired) electrons.